The van der Waals surface area contributed by atoms with E-state index in [-0.39, 0.29) is 12.0 Å². The maximum atomic E-state index is 13.4. The minimum atomic E-state index is -1.42. The van der Waals surface area contributed by atoms with Gasteiger partial charge in [-0.05, 0) is 26.8 Å². The van der Waals surface area contributed by atoms with Gasteiger partial charge in [-0.15, -0.1) is 0 Å². The lowest BCUT2D eigenvalue weighted by atomic mass is 10.2. The molecule has 0 bridgehead atoms. The topological polar surface area (TPSA) is 75.6 Å². The van der Waals surface area contributed by atoms with Gasteiger partial charge in [-0.2, -0.15) is 0 Å². The fourth-order valence-electron chi connectivity index (χ4n) is 1.46. The lowest BCUT2D eigenvalue weighted by molar-refractivity contribution is -0.132. The summed E-state index contributed by atoms with van der Waals surface area (Å²) < 4.78 is 18.4. The smallest absolute Gasteiger partial charge is 0.408 e. The first kappa shape index (κ1) is 13.5. The number of nitrogens with one attached hydrogen (secondary N) is 1. The van der Waals surface area contributed by atoms with Crippen LogP contribution in [0.3, 0.4) is 0 Å². The van der Waals surface area contributed by atoms with Crippen molar-refractivity contribution in [3.8, 4) is 0 Å². The summed E-state index contributed by atoms with van der Waals surface area (Å²) in [5.41, 5.74) is -0.702. The summed E-state index contributed by atoms with van der Waals surface area (Å²) in [6, 6.07) is -0.934. The molecule has 0 saturated heterocycles. The molecule has 0 saturated carbocycles. The average Bonchev–Trinajstić information content (AvgIpc) is 2.44. The molecule has 0 heterocycles. The molecule has 0 radical (unpaired) electrons. The number of alkyl halides is 1. The highest BCUT2D eigenvalue weighted by molar-refractivity contribution is 5.87. The quantitative estimate of drug-likeness (QED) is 0.775. The molecule has 1 rings (SSSR count). The molecule has 2 N–H and O–H groups in total. The Hall–Kier alpha value is -1.59. The van der Waals surface area contributed by atoms with Crippen molar-refractivity contribution in [2.75, 3.05) is 0 Å². The fraction of sp³-hybridized carbons (Fsp3) is 0.636. The third-order valence-electron chi connectivity index (χ3n) is 2.14. The molecule has 6 heteroatoms. The molecule has 1 aliphatic rings. The molecule has 96 valence electrons. The third-order valence-corrected chi connectivity index (χ3v) is 2.14. The Bertz CT molecular complexity index is 359. The molecule has 0 aromatic rings. The number of carbonyl (C=O) groups excluding carboxylic acids is 1. The number of alkyl carbamates (subject to hydrolysis) is 1. The molecule has 0 aliphatic heterocycles. The van der Waals surface area contributed by atoms with Gasteiger partial charge in [-0.3, -0.25) is 0 Å². The monoisotopic (exact) mass is 245 g/mol. The normalized spacial score (nSPS) is 24.1. The number of carbonyl (C=O) groups is 2. The molecule has 0 aromatic carbocycles. The molecular weight excluding hydrogens is 229 g/mol. The Labute approximate surface area is 98.6 Å². The zero-order valence-electron chi connectivity index (χ0n) is 9.99. The van der Waals surface area contributed by atoms with Gasteiger partial charge in [-0.25, -0.2) is 14.0 Å². The second-order valence-corrected chi connectivity index (χ2v) is 4.89. The first-order valence-corrected chi connectivity index (χ1v) is 5.26. The van der Waals surface area contributed by atoms with Gasteiger partial charge in [-0.1, -0.05) is 0 Å². The standard InChI is InChI=1S/C11H16FNO4/c1-11(2,3)17-10(16)13-8-5-6(9(14)15)4-7(8)12/h5,7-8H,4H2,1-3H3,(H,13,16)(H,14,15). The van der Waals surface area contributed by atoms with Crippen LogP contribution in [0.4, 0.5) is 9.18 Å². The summed E-state index contributed by atoms with van der Waals surface area (Å²) >= 11 is 0. The molecule has 1 amide bonds. The number of amides is 1. The van der Waals surface area contributed by atoms with Crippen LogP contribution in [0.5, 0.6) is 0 Å². The van der Waals surface area contributed by atoms with E-state index < -0.39 is 29.9 Å². The predicted molar refractivity (Wildman–Crippen MR) is 58.4 cm³/mol. The van der Waals surface area contributed by atoms with Gasteiger partial charge in [0, 0.05) is 12.0 Å². The molecule has 1 aliphatic carbocycles. The van der Waals surface area contributed by atoms with Crippen molar-refractivity contribution in [3.05, 3.63) is 11.6 Å². The van der Waals surface area contributed by atoms with Crippen molar-refractivity contribution >= 4 is 12.1 Å². The Morgan fingerprint density at radius 3 is 2.53 bits per heavy atom. The number of carboxylic acid groups (broad SMARTS) is 1. The van der Waals surface area contributed by atoms with Crippen LogP contribution in [-0.4, -0.2) is 35.0 Å². The van der Waals surface area contributed by atoms with Crippen molar-refractivity contribution in [3.63, 3.8) is 0 Å². The van der Waals surface area contributed by atoms with Crippen molar-refractivity contribution in [2.24, 2.45) is 0 Å². The first-order chi connectivity index (χ1) is 7.69. The van der Waals surface area contributed by atoms with E-state index in [1.165, 1.54) is 6.08 Å². The van der Waals surface area contributed by atoms with Gasteiger partial charge in [0.05, 0.1) is 6.04 Å². The number of hydrogen-bond donors (Lipinski definition) is 2. The number of carboxylic acids is 1. The minimum Gasteiger partial charge on any atom is -0.478 e. The molecule has 5 nitrogen and oxygen atoms in total. The Morgan fingerprint density at radius 1 is 1.53 bits per heavy atom. The second-order valence-electron chi connectivity index (χ2n) is 4.89. The van der Waals surface area contributed by atoms with Gasteiger partial charge >= 0.3 is 12.1 Å². The lowest BCUT2D eigenvalue weighted by Gasteiger charge is -2.21. The van der Waals surface area contributed by atoms with E-state index in [1.807, 2.05) is 0 Å². The molecule has 17 heavy (non-hydrogen) atoms. The summed E-state index contributed by atoms with van der Waals surface area (Å²) in [6.45, 7) is 5.06. The summed E-state index contributed by atoms with van der Waals surface area (Å²) in [7, 11) is 0. The van der Waals surface area contributed by atoms with E-state index in [4.69, 9.17) is 9.84 Å². The highest BCUT2D eigenvalue weighted by Crippen LogP contribution is 2.22. The molecule has 2 unspecified atom stereocenters. The van der Waals surface area contributed by atoms with Gasteiger partial charge < -0.3 is 15.2 Å². The zero-order valence-corrected chi connectivity index (χ0v) is 9.99. The van der Waals surface area contributed by atoms with Crippen LogP contribution in [0.15, 0.2) is 11.6 Å². The molecule has 0 aromatic heterocycles. The highest BCUT2D eigenvalue weighted by Gasteiger charge is 2.32. The van der Waals surface area contributed by atoms with E-state index in [0.717, 1.165) is 0 Å². The highest BCUT2D eigenvalue weighted by atomic mass is 19.1. The molecular formula is C11H16FNO4. The number of hydrogen-bond acceptors (Lipinski definition) is 3. The second kappa shape index (κ2) is 4.73. The van der Waals surface area contributed by atoms with Crippen LogP contribution in [-0.2, 0) is 9.53 Å². The van der Waals surface area contributed by atoms with Crippen LogP contribution in [0.2, 0.25) is 0 Å². The van der Waals surface area contributed by atoms with Crippen molar-refractivity contribution in [1.82, 2.24) is 5.32 Å². The van der Waals surface area contributed by atoms with Crippen LogP contribution < -0.4 is 5.32 Å². The van der Waals surface area contributed by atoms with E-state index >= 15 is 0 Å². The lowest BCUT2D eigenvalue weighted by Crippen LogP contribution is -2.41. The molecule has 0 fully saturated rings. The zero-order chi connectivity index (χ0) is 13.2. The number of rotatable bonds is 2. The van der Waals surface area contributed by atoms with Crippen molar-refractivity contribution in [2.45, 2.75) is 45.0 Å². The van der Waals surface area contributed by atoms with Crippen LogP contribution in [0, 0.1) is 0 Å². The summed E-state index contributed by atoms with van der Waals surface area (Å²) in [4.78, 5) is 22.0. The van der Waals surface area contributed by atoms with Crippen LogP contribution in [0.25, 0.3) is 0 Å². The molecule has 2 atom stereocenters. The SMILES string of the molecule is CC(C)(C)OC(=O)NC1C=C(C(=O)O)CC1F. The summed E-state index contributed by atoms with van der Waals surface area (Å²) in [5.74, 6) is -1.17. The largest absolute Gasteiger partial charge is 0.478 e. The third kappa shape index (κ3) is 4.05. The van der Waals surface area contributed by atoms with Crippen LogP contribution >= 0.6 is 0 Å². The van der Waals surface area contributed by atoms with E-state index in [9.17, 15) is 14.0 Å². The van der Waals surface area contributed by atoms with E-state index in [2.05, 4.69) is 5.32 Å². The Kier molecular flexibility index (Phi) is 3.75. The van der Waals surface area contributed by atoms with Gasteiger partial charge in [0.2, 0.25) is 0 Å². The fourth-order valence-corrected chi connectivity index (χ4v) is 1.46. The Morgan fingerprint density at radius 2 is 2.12 bits per heavy atom. The maximum absolute atomic E-state index is 13.4. The summed E-state index contributed by atoms with van der Waals surface area (Å²) in [6.07, 6.45) is -1.17. The van der Waals surface area contributed by atoms with Crippen molar-refractivity contribution in [1.29, 1.82) is 0 Å². The minimum absolute atomic E-state index is 0.0291. The predicted octanol–water partition coefficient (Wildman–Crippen LogP) is 1.63. The van der Waals surface area contributed by atoms with Crippen LogP contribution in [0.1, 0.15) is 27.2 Å². The van der Waals surface area contributed by atoms with Gasteiger partial charge in [0.1, 0.15) is 11.8 Å². The first-order valence-electron chi connectivity index (χ1n) is 5.26. The summed E-state index contributed by atoms with van der Waals surface area (Å²) in [5, 5.41) is 11.0. The van der Waals surface area contributed by atoms with E-state index in [0.29, 0.717) is 0 Å². The number of aliphatic carboxylic acids is 1. The number of ether oxygens (including phenoxy) is 1. The maximum Gasteiger partial charge on any atom is 0.408 e. The van der Waals surface area contributed by atoms with Gasteiger partial charge in [0.15, 0.2) is 0 Å². The number of halogens is 1. The average molecular weight is 245 g/mol. The van der Waals surface area contributed by atoms with Crippen molar-refractivity contribution < 1.29 is 23.8 Å². The Balaban J connectivity index is 2.58. The molecule has 0 spiro atoms. The van der Waals surface area contributed by atoms with E-state index in [1.54, 1.807) is 20.8 Å². The van der Waals surface area contributed by atoms with Gasteiger partial charge in [0.25, 0.3) is 0 Å².